The van der Waals surface area contributed by atoms with Gasteiger partial charge in [-0.25, -0.2) is 0 Å². The van der Waals surface area contributed by atoms with E-state index in [4.69, 9.17) is 39.7 Å². The van der Waals surface area contributed by atoms with Gasteiger partial charge in [0.25, 0.3) is 0 Å². The number of benzene rings is 3. The Morgan fingerprint density at radius 3 is 0.926 bits per heavy atom. The molecule has 3 aromatic carbocycles. The summed E-state index contributed by atoms with van der Waals surface area (Å²) >= 11 is 0. The molecule has 4 N–H and O–H groups in total. The summed E-state index contributed by atoms with van der Waals surface area (Å²) in [6.07, 6.45) is 0. The zero-order valence-corrected chi connectivity index (χ0v) is 14.8. The smallest absolute Gasteiger partial charge is 0.119 e. The summed E-state index contributed by atoms with van der Waals surface area (Å²) in [6, 6.07) is 23.3. The first kappa shape index (κ1) is 24.0. The molecule has 0 aliphatic heterocycles. The molecular weight excluding hydrogens is 375 g/mol. The summed E-state index contributed by atoms with van der Waals surface area (Å²) in [5.74, 6) is 0.819. The average molecular weight is 393 g/mol. The number of phenols is 4. The zero-order chi connectivity index (χ0) is 20.7. The van der Waals surface area contributed by atoms with Crippen LogP contribution >= 0.6 is 7.82 Å². The molecule has 0 spiro atoms. The Morgan fingerprint density at radius 1 is 0.519 bits per heavy atom. The van der Waals surface area contributed by atoms with Gasteiger partial charge >= 0.3 is 0 Å². The largest absolute Gasteiger partial charge is 0.822 e. The molecule has 0 amide bonds. The number of hydrogen-bond acceptors (Lipinski definition) is 8. The van der Waals surface area contributed by atoms with E-state index in [1.165, 1.54) is 18.2 Å². The first-order valence-corrected chi connectivity index (χ1v) is 8.73. The second kappa shape index (κ2) is 13.2. The maximum absolute atomic E-state index is 8.65. The van der Waals surface area contributed by atoms with Crippen LogP contribution in [-0.2, 0) is 4.57 Å². The van der Waals surface area contributed by atoms with Gasteiger partial charge in [0.2, 0.25) is 0 Å². The van der Waals surface area contributed by atoms with Gasteiger partial charge < -0.3 is 39.7 Å². The molecule has 0 atom stereocenters. The lowest BCUT2D eigenvalue weighted by molar-refractivity contribution is -0.432. The predicted molar refractivity (Wildman–Crippen MR) is 93.6 cm³/mol. The summed E-state index contributed by atoms with van der Waals surface area (Å²) in [4.78, 5) is 25.6. The number of rotatable bonds is 0. The Hall–Kier alpha value is -3.03. The Morgan fingerprint density at radius 2 is 0.778 bits per heavy atom. The Kier molecular flexibility index (Phi) is 11.7. The molecule has 27 heavy (non-hydrogen) atoms. The standard InChI is InChI=1S/C6H6O2.2C6H6O.H3O4P/c7-5-2-1-3-6(8)4-5;2*7-6-4-2-1-3-5-6;1-5(2,3)4/h1-4,7-8H;2*1-5,7H;(H3,1,2,3,4)/p-3. The van der Waals surface area contributed by atoms with Crippen LogP contribution in [0.4, 0.5) is 0 Å². The third kappa shape index (κ3) is 19.1. The Bertz CT molecular complexity index is 728. The average Bonchev–Trinajstić information content (AvgIpc) is 2.56. The number of hydrogen-bond donors (Lipinski definition) is 4. The van der Waals surface area contributed by atoms with Crippen molar-refractivity contribution in [3.8, 4) is 23.0 Å². The number of phenolic OH excluding ortho intramolecular Hbond substituents is 4. The monoisotopic (exact) mass is 393 g/mol. The summed E-state index contributed by atoms with van der Waals surface area (Å²) in [5, 5.41) is 34.6. The van der Waals surface area contributed by atoms with Crippen molar-refractivity contribution in [1.82, 2.24) is 0 Å². The van der Waals surface area contributed by atoms with Crippen molar-refractivity contribution in [3.63, 3.8) is 0 Å². The van der Waals surface area contributed by atoms with Crippen molar-refractivity contribution in [3.05, 3.63) is 84.9 Å². The first-order valence-electron chi connectivity index (χ1n) is 7.27. The van der Waals surface area contributed by atoms with Crippen LogP contribution in [0.5, 0.6) is 23.0 Å². The molecule has 0 aliphatic carbocycles. The molecule has 9 heteroatoms. The van der Waals surface area contributed by atoms with Crippen molar-refractivity contribution in [2.75, 3.05) is 0 Å². The zero-order valence-electron chi connectivity index (χ0n) is 14.0. The summed E-state index contributed by atoms with van der Waals surface area (Å²) in [6.45, 7) is 0. The lowest BCUT2D eigenvalue weighted by Crippen LogP contribution is -2.24. The molecule has 0 saturated carbocycles. The van der Waals surface area contributed by atoms with Crippen LogP contribution < -0.4 is 14.7 Å². The molecule has 0 heterocycles. The van der Waals surface area contributed by atoms with Crippen LogP contribution in [0.2, 0.25) is 0 Å². The number of aromatic hydroxyl groups is 4. The van der Waals surface area contributed by atoms with Gasteiger partial charge in [0.1, 0.15) is 23.0 Å². The molecule has 3 rings (SSSR count). The summed E-state index contributed by atoms with van der Waals surface area (Å²) in [7, 11) is -5.39. The van der Waals surface area contributed by atoms with Gasteiger partial charge in [0.15, 0.2) is 0 Å². The van der Waals surface area contributed by atoms with Crippen molar-refractivity contribution in [2.24, 2.45) is 0 Å². The maximum atomic E-state index is 8.65. The van der Waals surface area contributed by atoms with E-state index in [0.29, 0.717) is 11.5 Å². The molecule has 0 bridgehead atoms. The van der Waals surface area contributed by atoms with Gasteiger partial charge in [-0.3, -0.25) is 0 Å². The fourth-order valence-electron chi connectivity index (χ4n) is 1.35. The van der Waals surface area contributed by atoms with Crippen LogP contribution in [-0.4, -0.2) is 20.4 Å². The molecule has 0 fully saturated rings. The highest BCUT2D eigenvalue weighted by Gasteiger charge is 1.85. The van der Waals surface area contributed by atoms with Crippen LogP contribution in [0.1, 0.15) is 0 Å². The maximum Gasteiger partial charge on any atom is 0.119 e. The van der Waals surface area contributed by atoms with Gasteiger partial charge in [-0.1, -0.05) is 42.5 Å². The molecule has 0 aromatic heterocycles. The molecule has 0 radical (unpaired) electrons. The molecule has 0 unspecified atom stereocenters. The number of para-hydroxylation sites is 2. The van der Waals surface area contributed by atoms with Crippen molar-refractivity contribution in [1.29, 1.82) is 0 Å². The SMILES string of the molecule is O=P([O-])([O-])[O-].Oc1cccc(O)c1.Oc1ccccc1.Oc1ccccc1. The fraction of sp³-hybridized carbons (Fsp3) is 0. The van der Waals surface area contributed by atoms with E-state index in [1.54, 1.807) is 54.6 Å². The van der Waals surface area contributed by atoms with E-state index in [-0.39, 0.29) is 11.5 Å². The van der Waals surface area contributed by atoms with Crippen LogP contribution in [0, 0.1) is 0 Å². The molecule has 0 aliphatic rings. The second-order valence-electron chi connectivity index (χ2n) is 4.64. The van der Waals surface area contributed by atoms with E-state index in [2.05, 4.69) is 0 Å². The van der Waals surface area contributed by atoms with E-state index in [1.807, 2.05) is 12.1 Å². The van der Waals surface area contributed by atoms with Gasteiger partial charge in [-0.05, 0) is 36.4 Å². The quantitative estimate of drug-likeness (QED) is 0.411. The highest BCUT2D eigenvalue weighted by atomic mass is 31.2. The van der Waals surface area contributed by atoms with E-state index in [0.717, 1.165) is 0 Å². The lowest BCUT2D eigenvalue weighted by atomic mass is 10.3. The Balaban J connectivity index is 0.000000339. The molecule has 146 valence electrons. The van der Waals surface area contributed by atoms with E-state index < -0.39 is 7.82 Å². The third-order valence-electron chi connectivity index (χ3n) is 2.34. The van der Waals surface area contributed by atoms with Crippen LogP contribution in [0.3, 0.4) is 0 Å². The van der Waals surface area contributed by atoms with Gasteiger partial charge in [-0.2, -0.15) is 7.82 Å². The van der Waals surface area contributed by atoms with Crippen molar-refractivity contribution in [2.45, 2.75) is 0 Å². The van der Waals surface area contributed by atoms with Crippen molar-refractivity contribution < 1.29 is 39.7 Å². The fourth-order valence-corrected chi connectivity index (χ4v) is 1.35. The minimum Gasteiger partial charge on any atom is -0.822 e. The van der Waals surface area contributed by atoms with Crippen LogP contribution in [0.25, 0.3) is 0 Å². The van der Waals surface area contributed by atoms with E-state index in [9.17, 15) is 0 Å². The summed E-state index contributed by atoms with van der Waals surface area (Å²) in [5.41, 5.74) is 0. The molecule has 0 saturated heterocycles. The minimum absolute atomic E-state index is 0.0880. The van der Waals surface area contributed by atoms with Gasteiger partial charge in [-0.15, -0.1) is 0 Å². The topological polar surface area (TPSA) is 167 Å². The normalized spacial score (nSPS) is 9.30. The second-order valence-corrected chi connectivity index (χ2v) is 5.53. The lowest BCUT2D eigenvalue weighted by Gasteiger charge is -2.36. The summed E-state index contributed by atoms with van der Waals surface area (Å²) < 4.78 is 8.55. The molecule has 8 nitrogen and oxygen atoms in total. The van der Waals surface area contributed by atoms with Gasteiger partial charge in [0.05, 0.1) is 0 Å². The highest BCUT2D eigenvalue weighted by Crippen LogP contribution is 2.14. The number of phosphoric acid groups is 1. The molecule has 3 aromatic rings. The third-order valence-corrected chi connectivity index (χ3v) is 2.34. The van der Waals surface area contributed by atoms with E-state index >= 15 is 0 Å². The Labute approximate surface area is 156 Å². The van der Waals surface area contributed by atoms with Gasteiger partial charge in [0, 0.05) is 6.07 Å². The predicted octanol–water partition coefficient (Wildman–Crippen LogP) is 1.06. The first-order chi connectivity index (χ1) is 12.6. The molecular formula is C18H18O8P-3. The van der Waals surface area contributed by atoms with Crippen molar-refractivity contribution >= 4 is 7.82 Å². The minimum atomic E-state index is -5.39. The highest BCUT2D eigenvalue weighted by molar-refractivity contribution is 7.40. The van der Waals surface area contributed by atoms with Crippen LogP contribution in [0.15, 0.2) is 84.9 Å².